The molecule has 1 fully saturated rings. The van der Waals surface area contributed by atoms with Crippen LogP contribution in [0.2, 0.25) is 0 Å². The van der Waals surface area contributed by atoms with Crippen molar-refractivity contribution in [2.75, 3.05) is 26.5 Å². The molecule has 0 N–H and O–H groups in total. The Hall–Kier alpha value is -1.71. The Morgan fingerprint density at radius 3 is 2.62 bits per heavy atom. The smallest absolute Gasteiger partial charge is 0.251 e. The number of methoxy groups -OCH3 is 1. The lowest BCUT2D eigenvalue weighted by Crippen LogP contribution is -2.39. The van der Waals surface area contributed by atoms with E-state index < -0.39 is 10.0 Å². The summed E-state index contributed by atoms with van der Waals surface area (Å²) in [6.45, 7) is 3.43. The molecule has 1 aromatic heterocycles. The van der Waals surface area contributed by atoms with Gasteiger partial charge in [0.2, 0.25) is 10.0 Å². The van der Waals surface area contributed by atoms with Gasteiger partial charge in [-0.2, -0.15) is 4.99 Å². The third-order valence-corrected chi connectivity index (χ3v) is 7.02. The van der Waals surface area contributed by atoms with E-state index in [4.69, 9.17) is 4.74 Å². The zero-order valence-corrected chi connectivity index (χ0v) is 16.8. The summed E-state index contributed by atoms with van der Waals surface area (Å²) in [4.78, 5) is 17.7. The SMILES string of the molecule is CCn1c(=NC(=O)C2CCN(S(C)(=O)=O)CC2)sc2cccc(OC)c21. The number of para-hydroxylation sites is 1. The number of carbonyl (C=O) groups is 1. The van der Waals surface area contributed by atoms with Crippen LogP contribution in [-0.4, -0.2) is 49.7 Å². The minimum absolute atomic E-state index is 0.175. The number of nitrogens with zero attached hydrogens (tertiary/aromatic N) is 3. The van der Waals surface area contributed by atoms with Gasteiger partial charge < -0.3 is 9.30 Å². The van der Waals surface area contributed by atoms with Crippen molar-refractivity contribution in [3.8, 4) is 5.75 Å². The number of benzene rings is 1. The zero-order valence-electron chi connectivity index (χ0n) is 15.1. The molecular formula is C17H23N3O4S2. The second kappa shape index (κ2) is 7.50. The van der Waals surface area contributed by atoms with Crippen LogP contribution >= 0.6 is 11.3 Å². The molecule has 3 rings (SSSR count). The summed E-state index contributed by atoms with van der Waals surface area (Å²) in [6, 6.07) is 5.81. The lowest BCUT2D eigenvalue weighted by molar-refractivity contribution is -0.122. The van der Waals surface area contributed by atoms with E-state index in [0.29, 0.717) is 37.3 Å². The van der Waals surface area contributed by atoms with Crippen LogP contribution in [0, 0.1) is 5.92 Å². The fourth-order valence-corrected chi connectivity index (χ4v) is 5.25. The van der Waals surface area contributed by atoms with Crippen molar-refractivity contribution in [1.29, 1.82) is 0 Å². The summed E-state index contributed by atoms with van der Waals surface area (Å²) in [6.07, 6.45) is 2.22. The molecule has 1 aromatic carbocycles. The van der Waals surface area contributed by atoms with E-state index in [-0.39, 0.29) is 11.8 Å². The molecule has 0 spiro atoms. The first kappa shape index (κ1) is 19.1. The Labute approximate surface area is 157 Å². The summed E-state index contributed by atoms with van der Waals surface area (Å²) in [7, 11) is -1.57. The van der Waals surface area contributed by atoms with E-state index in [2.05, 4.69) is 4.99 Å². The van der Waals surface area contributed by atoms with Crippen LogP contribution < -0.4 is 9.54 Å². The van der Waals surface area contributed by atoms with Gasteiger partial charge in [0, 0.05) is 25.6 Å². The molecule has 2 heterocycles. The summed E-state index contributed by atoms with van der Waals surface area (Å²) >= 11 is 1.46. The normalized spacial score (nSPS) is 17.7. The number of ether oxygens (including phenoxy) is 1. The molecule has 26 heavy (non-hydrogen) atoms. The summed E-state index contributed by atoms with van der Waals surface area (Å²) in [5.41, 5.74) is 0.945. The van der Waals surface area contributed by atoms with E-state index >= 15 is 0 Å². The largest absolute Gasteiger partial charge is 0.495 e. The van der Waals surface area contributed by atoms with Crippen LogP contribution in [0.15, 0.2) is 23.2 Å². The van der Waals surface area contributed by atoms with Crippen LogP contribution in [0.4, 0.5) is 0 Å². The lowest BCUT2D eigenvalue weighted by atomic mass is 9.98. The molecule has 1 aliphatic heterocycles. The molecule has 0 unspecified atom stereocenters. The summed E-state index contributed by atoms with van der Waals surface area (Å²) in [5.74, 6) is 0.354. The Morgan fingerprint density at radius 1 is 1.35 bits per heavy atom. The fourth-order valence-electron chi connectivity index (χ4n) is 3.26. The molecule has 1 aliphatic rings. The highest BCUT2D eigenvalue weighted by molar-refractivity contribution is 7.88. The molecule has 0 radical (unpaired) electrons. The number of carbonyl (C=O) groups excluding carboxylic acids is 1. The molecule has 0 atom stereocenters. The zero-order chi connectivity index (χ0) is 18.9. The van der Waals surface area contributed by atoms with Gasteiger partial charge in [-0.1, -0.05) is 17.4 Å². The molecule has 142 valence electrons. The first-order chi connectivity index (χ1) is 12.3. The van der Waals surface area contributed by atoms with Crippen molar-refractivity contribution in [3.63, 3.8) is 0 Å². The number of rotatable bonds is 4. The number of aromatic nitrogens is 1. The molecule has 0 saturated carbocycles. The van der Waals surface area contributed by atoms with Crippen LogP contribution in [0.1, 0.15) is 19.8 Å². The predicted molar refractivity (Wildman–Crippen MR) is 102 cm³/mol. The number of amides is 1. The van der Waals surface area contributed by atoms with E-state index in [0.717, 1.165) is 16.0 Å². The van der Waals surface area contributed by atoms with Gasteiger partial charge in [0.25, 0.3) is 5.91 Å². The van der Waals surface area contributed by atoms with E-state index in [1.165, 1.54) is 21.9 Å². The standard InChI is InChI=1S/C17H23N3O4S2/c1-4-20-15-13(24-2)6-5-7-14(15)25-17(20)18-16(21)12-8-10-19(11-9-12)26(3,22)23/h5-7,12H,4,8-11H2,1-3H3. The maximum Gasteiger partial charge on any atom is 0.251 e. The average molecular weight is 398 g/mol. The van der Waals surface area contributed by atoms with Gasteiger partial charge in [0.05, 0.1) is 18.1 Å². The first-order valence-corrected chi connectivity index (χ1v) is 11.2. The topological polar surface area (TPSA) is 81.0 Å². The highest BCUT2D eigenvalue weighted by Crippen LogP contribution is 2.27. The number of hydrogen-bond acceptors (Lipinski definition) is 5. The molecule has 1 amide bonds. The number of thiazole rings is 1. The Balaban J connectivity index is 1.90. The fraction of sp³-hybridized carbons (Fsp3) is 0.529. The maximum absolute atomic E-state index is 12.7. The van der Waals surface area contributed by atoms with Gasteiger partial charge in [-0.05, 0) is 31.9 Å². The van der Waals surface area contributed by atoms with Crippen LogP contribution in [-0.2, 0) is 21.4 Å². The Bertz CT molecular complexity index is 983. The molecular weight excluding hydrogens is 374 g/mol. The first-order valence-electron chi connectivity index (χ1n) is 8.55. The minimum atomic E-state index is -3.19. The van der Waals surface area contributed by atoms with Crippen molar-refractivity contribution in [2.45, 2.75) is 26.3 Å². The van der Waals surface area contributed by atoms with Gasteiger partial charge in [-0.25, -0.2) is 12.7 Å². The second-order valence-electron chi connectivity index (χ2n) is 6.32. The highest BCUT2D eigenvalue weighted by Gasteiger charge is 2.29. The molecule has 9 heteroatoms. The van der Waals surface area contributed by atoms with Crippen molar-refractivity contribution in [1.82, 2.24) is 8.87 Å². The van der Waals surface area contributed by atoms with E-state index in [1.54, 1.807) is 7.11 Å². The molecule has 2 aromatic rings. The number of fused-ring (bicyclic) bond motifs is 1. The van der Waals surface area contributed by atoms with E-state index in [9.17, 15) is 13.2 Å². The maximum atomic E-state index is 12.7. The van der Waals surface area contributed by atoms with Crippen LogP contribution in [0.25, 0.3) is 10.2 Å². The minimum Gasteiger partial charge on any atom is -0.495 e. The highest BCUT2D eigenvalue weighted by atomic mass is 32.2. The van der Waals surface area contributed by atoms with Crippen molar-refractivity contribution in [3.05, 3.63) is 23.0 Å². The molecule has 7 nitrogen and oxygen atoms in total. The van der Waals surface area contributed by atoms with Gasteiger partial charge in [0.1, 0.15) is 11.3 Å². The number of aryl methyl sites for hydroxylation is 1. The Morgan fingerprint density at radius 2 is 2.04 bits per heavy atom. The van der Waals surface area contributed by atoms with Crippen LogP contribution in [0.3, 0.4) is 0 Å². The molecule has 0 bridgehead atoms. The third-order valence-electron chi connectivity index (χ3n) is 4.68. The predicted octanol–water partition coefficient (Wildman–Crippen LogP) is 1.83. The number of sulfonamides is 1. The second-order valence-corrected chi connectivity index (χ2v) is 9.31. The van der Waals surface area contributed by atoms with Crippen molar-refractivity contribution < 1.29 is 17.9 Å². The molecule has 0 aliphatic carbocycles. The van der Waals surface area contributed by atoms with Gasteiger partial charge in [-0.3, -0.25) is 4.79 Å². The van der Waals surface area contributed by atoms with Gasteiger partial charge >= 0.3 is 0 Å². The summed E-state index contributed by atoms with van der Waals surface area (Å²) in [5, 5.41) is 0. The van der Waals surface area contributed by atoms with Gasteiger partial charge in [0.15, 0.2) is 4.80 Å². The monoisotopic (exact) mass is 397 g/mol. The summed E-state index contributed by atoms with van der Waals surface area (Å²) < 4.78 is 33.1. The van der Waals surface area contributed by atoms with Crippen molar-refractivity contribution in [2.24, 2.45) is 10.9 Å². The number of hydrogen-bond donors (Lipinski definition) is 0. The van der Waals surface area contributed by atoms with Gasteiger partial charge in [-0.15, -0.1) is 0 Å². The van der Waals surface area contributed by atoms with E-state index in [1.807, 2.05) is 29.7 Å². The quantitative estimate of drug-likeness (QED) is 0.788. The van der Waals surface area contributed by atoms with Crippen molar-refractivity contribution >= 4 is 37.5 Å². The lowest BCUT2D eigenvalue weighted by Gasteiger charge is -2.28. The molecule has 1 saturated heterocycles. The Kier molecular flexibility index (Phi) is 5.50. The average Bonchev–Trinajstić information content (AvgIpc) is 2.98. The number of piperidine rings is 1. The third kappa shape index (κ3) is 3.70. The van der Waals surface area contributed by atoms with Crippen LogP contribution in [0.5, 0.6) is 5.75 Å².